The lowest BCUT2D eigenvalue weighted by molar-refractivity contribution is 0.0695. The third-order valence-electron chi connectivity index (χ3n) is 2.89. The number of carbonyl (C=O) groups excluding carboxylic acids is 1. The number of halogens is 1. The molecule has 1 aromatic heterocycles. The van der Waals surface area contributed by atoms with Gasteiger partial charge in [0.1, 0.15) is 5.82 Å². The van der Waals surface area contributed by atoms with Crippen molar-refractivity contribution >= 4 is 11.9 Å². The zero-order chi connectivity index (χ0) is 15.2. The van der Waals surface area contributed by atoms with Gasteiger partial charge in [0.15, 0.2) is 0 Å². The average Bonchev–Trinajstić information content (AvgIpc) is 2.47. The van der Waals surface area contributed by atoms with Crippen LogP contribution in [0.25, 0.3) is 0 Å². The Bertz CT molecular complexity index is 673. The molecule has 0 aliphatic rings. The van der Waals surface area contributed by atoms with E-state index in [9.17, 15) is 14.0 Å². The Hall–Kier alpha value is -2.76. The number of hydrogen-bond acceptors (Lipinski definition) is 3. The summed E-state index contributed by atoms with van der Waals surface area (Å²) in [5, 5.41) is 11.6. The lowest BCUT2D eigenvalue weighted by Crippen LogP contribution is -2.26. The van der Waals surface area contributed by atoms with Gasteiger partial charge in [-0.05, 0) is 24.1 Å². The summed E-state index contributed by atoms with van der Waals surface area (Å²) < 4.78 is 12.9. The molecule has 2 aromatic rings. The molecule has 21 heavy (non-hydrogen) atoms. The van der Waals surface area contributed by atoms with Crippen LogP contribution in [-0.4, -0.2) is 28.5 Å². The average molecular weight is 288 g/mol. The van der Waals surface area contributed by atoms with E-state index in [1.54, 1.807) is 18.2 Å². The van der Waals surface area contributed by atoms with Crippen molar-refractivity contribution in [1.82, 2.24) is 10.3 Å². The second-order valence-corrected chi connectivity index (χ2v) is 4.36. The molecule has 0 unspecified atom stereocenters. The summed E-state index contributed by atoms with van der Waals surface area (Å²) in [6.07, 6.45) is 2.65. The molecule has 0 radical (unpaired) electrons. The van der Waals surface area contributed by atoms with Gasteiger partial charge in [0, 0.05) is 12.7 Å². The topological polar surface area (TPSA) is 79.3 Å². The number of pyridine rings is 1. The number of aromatic nitrogens is 1. The molecule has 0 fully saturated rings. The molecular weight excluding hydrogens is 275 g/mol. The predicted molar refractivity (Wildman–Crippen MR) is 73.6 cm³/mol. The molecule has 2 N–H and O–H groups in total. The van der Waals surface area contributed by atoms with Crippen LogP contribution in [0.15, 0.2) is 42.7 Å². The normalized spacial score (nSPS) is 10.1. The fourth-order valence-corrected chi connectivity index (χ4v) is 1.90. The van der Waals surface area contributed by atoms with Crippen molar-refractivity contribution in [2.24, 2.45) is 0 Å². The number of carboxylic acid groups (broad SMARTS) is 1. The van der Waals surface area contributed by atoms with E-state index in [0.717, 1.165) is 12.3 Å². The van der Waals surface area contributed by atoms with Crippen molar-refractivity contribution in [1.29, 1.82) is 0 Å². The largest absolute Gasteiger partial charge is 0.478 e. The minimum Gasteiger partial charge on any atom is -0.478 e. The molecular formula is C15H13FN2O3. The highest BCUT2D eigenvalue weighted by Gasteiger charge is 2.10. The molecule has 0 aliphatic heterocycles. The van der Waals surface area contributed by atoms with Crippen LogP contribution in [0, 0.1) is 5.82 Å². The Balaban J connectivity index is 1.96. The van der Waals surface area contributed by atoms with Gasteiger partial charge < -0.3 is 10.4 Å². The molecule has 0 saturated heterocycles. The Morgan fingerprint density at radius 1 is 1.24 bits per heavy atom. The van der Waals surface area contributed by atoms with Crippen molar-refractivity contribution in [2.75, 3.05) is 6.54 Å². The third-order valence-corrected chi connectivity index (χ3v) is 2.89. The molecule has 0 bridgehead atoms. The van der Waals surface area contributed by atoms with Gasteiger partial charge in [-0.2, -0.15) is 0 Å². The molecule has 0 aliphatic carbocycles. The Kier molecular flexibility index (Phi) is 4.61. The third kappa shape index (κ3) is 3.85. The zero-order valence-electron chi connectivity index (χ0n) is 11.0. The molecule has 6 heteroatoms. The van der Waals surface area contributed by atoms with Gasteiger partial charge in [0.2, 0.25) is 0 Å². The minimum absolute atomic E-state index is 0.126. The predicted octanol–water partition coefficient (Wildman–Crippen LogP) is 1.89. The summed E-state index contributed by atoms with van der Waals surface area (Å²) in [7, 11) is 0. The molecule has 0 spiro atoms. The van der Waals surface area contributed by atoms with Gasteiger partial charge in [-0.3, -0.25) is 9.78 Å². The number of carboxylic acids is 1. The minimum atomic E-state index is -1.01. The Labute approximate surface area is 120 Å². The zero-order valence-corrected chi connectivity index (χ0v) is 11.0. The number of nitrogens with zero attached hydrogens (tertiary/aromatic N) is 1. The van der Waals surface area contributed by atoms with Crippen molar-refractivity contribution in [3.8, 4) is 0 Å². The van der Waals surface area contributed by atoms with E-state index in [1.807, 2.05) is 0 Å². The van der Waals surface area contributed by atoms with E-state index in [1.165, 1.54) is 12.3 Å². The molecule has 0 atom stereocenters. The van der Waals surface area contributed by atoms with Gasteiger partial charge in [-0.25, -0.2) is 9.18 Å². The van der Waals surface area contributed by atoms with E-state index in [0.29, 0.717) is 12.0 Å². The highest BCUT2D eigenvalue weighted by atomic mass is 19.1. The maximum Gasteiger partial charge on any atom is 0.335 e. The summed E-state index contributed by atoms with van der Waals surface area (Å²) in [6.45, 7) is 0.250. The van der Waals surface area contributed by atoms with Crippen molar-refractivity contribution in [2.45, 2.75) is 6.42 Å². The molecule has 0 saturated carbocycles. The summed E-state index contributed by atoms with van der Waals surface area (Å²) in [5.41, 5.74) is 0.961. The number of aromatic carboxylic acids is 1. The van der Waals surface area contributed by atoms with E-state index >= 15 is 0 Å². The first-order valence-corrected chi connectivity index (χ1v) is 6.28. The molecule has 108 valence electrons. The van der Waals surface area contributed by atoms with Crippen molar-refractivity contribution in [3.63, 3.8) is 0 Å². The summed E-state index contributed by atoms with van der Waals surface area (Å²) in [4.78, 5) is 26.4. The maximum atomic E-state index is 12.9. The highest BCUT2D eigenvalue weighted by molar-refractivity contribution is 5.94. The van der Waals surface area contributed by atoms with Crippen molar-refractivity contribution < 1.29 is 19.1 Å². The van der Waals surface area contributed by atoms with Crippen LogP contribution in [0.4, 0.5) is 4.39 Å². The summed E-state index contributed by atoms with van der Waals surface area (Å²) in [6, 6.07) is 7.67. The van der Waals surface area contributed by atoms with Crippen molar-refractivity contribution in [3.05, 3.63) is 65.2 Å². The molecule has 1 aromatic carbocycles. The second kappa shape index (κ2) is 6.60. The highest BCUT2D eigenvalue weighted by Crippen LogP contribution is 2.09. The van der Waals surface area contributed by atoms with E-state index in [2.05, 4.69) is 10.3 Å². The fraction of sp³-hybridized carbons (Fsp3) is 0.133. The van der Waals surface area contributed by atoms with Crippen LogP contribution in [0.5, 0.6) is 0 Å². The van der Waals surface area contributed by atoms with Crippen LogP contribution < -0.4 is 5.32 Å². The van der Waals surface area contributed by atoms with Crippen LogP contribution >= 0.6 is 0 Å². The van der Waals surface area contributed by atoms with Gasteiger partial charge in [-0.15, -0.1) is 0 Å². The van der Waals surface area contributed by atoms with E-state index < -0.39 is 17.7 Å². The van der Waals surface area contributed by atoms with Crippen LogP contribution in [0.3, 0.4) is 0 Å². The van der Waals surface area contributed by atoms with E-state index in [4.69, 9.17) is 5.11 Å². The van der Waals surface area contributed by atoms with Gasteiger partial charge >= 0.3 is 5.97 Å². The number of nitrogens with one attached hydrogen (secondary N) is 1. The lowest BCUT2D eigenvalue weighted by Gasteiger charge is -2.07. The van der Waals surface area contributed by atoms with E-state index in [-0.39, 0.29) is 17.7 Å². The first-order valence-electron chi connectivity index (χ1n) is 6.28. The molecule has 1 amide bonds. The lowest BCUT2D eigenvalue weighted by atomic mass is 10.0. The smallest absolute Gasteiger partial charge is 0.335 e. The van der Waals surface area contributed by atoms with Crippen LogP contribution in [0.1, 0.15) is 26.3 Å². The number of carbonyl (C=O) groups is 2. The fourth-order valence-electron chi connectivity index (χ4n) is 1.90. The first-order chi connectivity index (χ1) is 10.1. The second-order valence-electron chi connectivity index (χ2n) is 4.36. The monoisotopic (exact) mass is 288 g/mol. The maximum absolute atomic E-state index is 12.9. The van der Waals surface area contributed by atoms with Crippen LogP contribution in [0.2, 0.25) is 0 Å². The number of benzene rings is 1. The summed E-state index contributed by atoms with van der Waals surface area (Å²) in [5.74, 6) is -2.04. The van der Waals surface area contributed by atoms with Gasteiger partial charge in [0.25, 0.3) is 5.91 Å². The molecule has 1 heterocycles. The number of amides is 1. The van der Waals surface area contributed by atoms with Gasteiger partial charge in [-0.1, -0.05) is 18.2 Å². The molecule has 5 nitrogen and oxygen atoms in total. The quantitative estimate of drug-likeness (QED) is 0.880. The number of rotatable bonds is 5. The standard InChI is InChI=1S/C15H13FN2O3/c16-12-7-11(8-17-9-12)14(19)18-6-5-10-3-1-2-4-13(10)15(20)21/h1-4,7-9H,5-6H2,(H,18,19)(H,20,21). The summed E-state index contributed by atoms with van der Waals surface area (Å²) >= 11 is 0. The first kappa shape index (κ1) is 14.6. The number of hydrogen-bond donors (Lipinski definition) is 2. The molecule has 2 rings (SSSR count). The Morgan fingerprint density at radius 2 is 2.00 bits per heavy atom. The SMILES string of the molecule is O=C(NCCc1ccccc1C(=O)O)c1cncc(F)c1. The Morgan fingerprint density at radius 3 is 2.71 bits per heavy atom. The van der Waals surface area contributed by atoms with Gasteiger partial charge in [0.05, 0.1) is 17.3 Å². The van der Waals surface area contributed by atoms with Crippen LogP contribution in [-0.2, 0) is 6.42 Å².